The van der Waals surface area contributed by atoms with Gasteiger partial charge >= 0.3 is 0 Å². The molecule has 16 heavy (non-hydrogen) atoms. The van der Waals surface area contributed by atoms with Crippen molar-refractivity contribution in [2.24, 2.45) is 0 Å². The predicted molar refractivity (Wildman–Crippen MR) is 66.1 cm³/mol. The largest absolute Gasteiger partial charge is 0.204 e. The van der Waals surface area contributed by atoms with Gasteiger partial charge < -0.3 is 0 Å². The minimum absolute atomic E-state index is 0.163. The molecule has 2 rings (SSSR count). The molecule has 5 heteroatoms. The van der Waals surface area contributed by atoms with Crippen molar-refractivity contribution in [3.05, 3.63) is 56.2 Å². The minimum atomic E-state index is -0.882. The Balaban J connectivity index is 2.41. The highest BCUT2D eigenvalue weighted by atomic mass is 79.9. The van der Waals surface area contributed by atoms with Crippen molar-refractivity contribution in [2.45, 2.75) is 5.38 Å². The van der Waals surface area contributed by atoms with Crippen LogP contribution in [0, 0.1) is 11.6 Å². The summed E-state index contributed by atoms with van der Waals surface area (Å²) in [5, 5.41) is -0.660. The monoisotopic (exact) mass is 322 g/mol. The van der Waals surface area contributed by atoms with Crippen LogP contribution in [-0.4, -0.2) is 0 Å². The Morgan fingerprint density at radius 2 is 1.94 bits per heavy atom. The Morgan fingerprint density at radius 1 is 1.19 bits per heavy atom. The summed E-state index contributed by atoms with van der Waals surface area (Å²) in [5.74, 6) is -1.76. The molecule has 1 heterocycles. The summed E-state index contributed by atoms with van der Waals surface area (Å²) in [6.07, 6.45) is 0. The summed E-state index contributed by atoms with van der Waals surface area (Å²) in [5.41, 5.74) is 0.163. The van der Waals surface area contributed by atoms with E-state index in [4.69, 9.17) is 11.6 Å². The molecule has 0 fully saturated rings. The number of alkyl halides is 1. The number of rotatable bonds is 2. The second-order valence-corrected chi connectivity index (χ2v) is 6.08. The Morgan fingerprint density at radius 3 is 2.56 bits per heavy atom. The molecular formula is C11H6BrClF2S. The summed E-state index contributed by atoms with van der Waals surface area (Å²) >= 11 is 10.8. The average Bonchev–Trinajstić information content (AvgIpc) is 2.68. The lowest BCUT2D eigenvalue weighted by molar-refractivity contribution is 0.500. The molecule has 1 unspecified atom stereocenters. The van der Waals surface area contributed by atoms with Crippen molar-refractivity contribution in [1.29, 1.82) is 0 Å². The summed E-state index contributed by atoms with van der Waals surface area (Å²) < 4.78 is 27.4. The Labute approximate surface area is 109 Å². The molecule has 0 radical (unpaired) electrons. The topological polar surface area (TPSA) is 0 Å². The van der Waals surface area contributed by atoms with E-state index >= 15 is 0 Å². The standard InChI is InChI=1S/C11H6BrClF2S/c12-9-5-4-8(16-9)10(13)6-2-1-3-7(14)11(6)15/h1-5,10H. The summed E-state index contributed by atoms with van der Waals surface area (Å²) in [6.45, 7) is 0. The predicted octanol–water partition coefficient (Wildman–Crippen LogP) is 5.12. The van der Waals surface area contributed by atoms with Gasteiger partial charge in [-0.05, 0) is 34.1 Å². The van der Waals surface area contributed by atoms with Crippen LogP contribution < -0.4 is 0 Å². The first-order chi connectivity index (χ1) is 7.59. The van der Waals surface area contributed by atoms with E-state index in [9.17, 15) is 8.78 Å². The molecule has 0 spiro atoms. The molecule has 0 saturated heterocycles. The number of hydrogen-bond acceptors (Lipinski definition) is 1. The van der Waals surface area contributed by atoms with Crippen molar-refractivity contribution in [1.82, 2.24) is 0 Å². The van der Waals surface area contributed by atoms with Crippen LogP contribution in [0.5, 0.6) is 0 Å². The molecule has 0 nitrogen and oxygen atoms in total. The van der Waals surface area contributed by atoms with Gasteiger partial charge in [-0.3, -0.25) is 0 Å². The lowest BCUT2D eigenvalue weighted by atomic mass is 10.1. The maximum absolute atomic E-state index is 13.5. The molecule has 1 atom stereocenters. The van der Waals surface area contributed by atoms with Crippen molar-refractivity contribution in [2.75, 3.05) is 0 Å². The fourth-order valence-electron chi connectivity index (χ4n) is 1.33. The number of benzene rings is 1. The van der Waals surface area contributed by atoms with Gasteiger partial charge in [-0.1, -0.05) is 12.1 Å². The smallest absolute Gasteiger partial charge is 0.163 e. The fourth-order valence-corrected chi connectivity index (χ4v) is 3.13. The molecule has 0 N–H and O–H groups in total. The highest BCUT2D eigenvalue weighted by Crippen LogP contribution is 2.36. The molecule has 0 amide bonds. The first-order valence-electron chi connectivity index (χ1n) is 4.43. The van der Waals surface area contributed by atoms with E-state index in [2.05, 4.69) is 15.9 Å². The third-order valence-electron chi connectivity index (χ3n) is 2.10. The highest BCUT2D eigenvalue weighted by Gasteiger charge is 2.18. The number of hydrogen-bond donors (Lipinski definition) is 0. The summed E-state index contributed by atoms with van der Waals surface area (Å²) in [7, 11) is 0. The number of thiophene rings is 1. The van der Waals surface area contributed by atoms with E-state index in [0.717, 1.165) is 14.7 Å². The van der Waals surface area contributed by atoms with Crippen LogP contribution in [0.4, 0.5) is 8.78 Å². The van der Waals surface area contributed by atoms with Gasteiger partial charge in [0.25, 0.3) is 0 Å². The van der Waals surface area contributed by atoms with Crippen molar-refractivity contribution < 1.29 is 8.78 Å². The SMILES string of the molecule is Fc1cccc(C(Cl)c2ccc(Br)s2)c1F. The van der Waals surface area contributed by atoms with Gasteiger partial charge in [0.2, 0.25) is 0 Å². The molecule has 0 aliphatic rings. The zero-order chi connectivity index (χ0) is 11.7. The maximum atomic E-state index is 13.5. The van der Waals surface area contributed by atoms with Crippen LogP contribution in [0.25, 0.3) is 0 Å². The lowest BCUT2D eigenvalue weighted by Gasteiger charge is -2.08. The zero-order valence-corrected chi connectivity index (χ0v) is 11.0. The second-order valence-electron chi connectivity index (χ2n) is 3.15. The van der Waals surface area contributed by atoms with Gasteiger partial charge in [0.1, 0.15) is 0 Å². The molecule has 0 saturated carbocycles. The fraction of sp³-hybridized carbons (Fsp3) is 0.0909. The van der Waals surface area contributed by atoms with E-state index in [-0.39, 0.29) is 5.56 Å². The molecule has 1 aromatic carbocycles. The Kier molecular flexibility index (Phi) is 3.62. The van der Waals surface area contributed by atoms with Crippen molar-refractivity contribution in [3.63, 3.8) is 0 Å². The van der Waals surface area contributed by atoms with Crippen LogP contribution in [0.3, 0.4) is 0 Å². The normalized spacial score (nSPS) is 12.8. The van der Waals surface area contributed by atoms with E-state index in [1.807, 2.05) is 6.07 Å². The molecule has 1 aromatic heterocycles. The average molecular weight is 324 g/mol. The third kappa shape index (κ3) is 2.29. The van der Waals surface area contributed by atoms with Gasteiger partial charge in [0.15, 0.2) is 11.6 Å². The van der Waals surface area contributed by atoms with Crippen molar-refractivity contribution >= 4 is 38.9 Å². The first-order valence-corrected chi connectivity index (χ1v) is 6.47. The van der Waals surface area contributed by atoms with Gasteiger partial charge in [0, 0.05) is 10.4 Å². The summed E-state index contributed by atoms with van der Waals surface area (Å²) in [4.78, 5) is 0.776. The van der Waals surface area contributed by atoms with Crippen LogP contribution in [-0.2, 0) is 0 Å². The first kappa shape index (κ1) is 12.0. The highest BCUT2D eigenvalue weighted by molar-refractivity contribution is 9.11. The molecule has 0 bridgehead atoms. The third-order valence-corrected chi connectivity index (χ3v) is 4.39. The van der Waals surface area contributed by atoms with Gasteiger partial charge in [-0.2, -0.15) is 0 Å². The second kappa shape index (κ2) is 4.82. The zero-order valence-electron chi connectivity index (χ0n) is 7.88. The minimum Gasteiger partial charge on any atom is -0.204 e. The molecule has 84 valence electrons. The van der Waals surface area contributed by atoms with Crippen LogP contribution in [0.15, 0.2) is 34.1 Å². The van der Waals surface area contributed by atoms with E-state index < -0.39 is 17.0 Å². The van der Waals surface area contributed by atoms with Crippen LogP contribution in [0.2, 0.25) is 0 Å². The van der Waals surface area contributed by atoms with Gasteiger partial charge in [-0.25, -0.2) is 8.78 Å². The molecule has 0 aliphatic heterocycles. The van der Waals surface area contributed by atoms with Crippen molar-refractivity contribution in [3.8, 4) is 0 Å². The van der Waals surface area contributed by atoms with Crippen LogP contribution >= 0.6 is 38.9 Å². The Bertz CT molecular complexity index is 512. The Hall–Kier alpha value is -0.450. The lowest BCUT2D eigenvalue weighted by Crippen LogP contribution is -1.97. The van der Waals surface area contributed by atoms with E-state index in [1.165, 1.54) is 23.5 Å². The molecule has 0 aliphatic carbocycles. The molecular weight excluding hydrogens is 318 g/mol. The molecule has 2 aromatic rings. The maximum Gasteiger partial charge on any atom is 0.163 e. The van der Waals surface area contributed by atoms with Crippen LogP contribution in [0.1, 0.15) is 15.8 Å². The summed E-state index contributed by atoms with van der Waals surface area (Å²) in [6, 6.07) is 7.63. The quantitative estimate of drug-likeness (QED) is 0.673. The van der Waals surface area contributed by atoms with Gasteiger partial charge in [0.05, 0.1) is 9.16 Å². The van der Waals surface area contributed by atoms with Gasteiger partial charge in [-0.15, -0.1) is 22.9 Å². The van der Waals surface area contributed by atoms with E-state index in [0.29, 0.717) is 0 Å². The van der Waals surface area contributed by atoms with E-state index in [1.54, 1.807) is 6.07 Å². The number of halogens is 4.